The number of hydrogen-bond acceptors (Lipinski definition) is 2. The molecule has 2 nitrogen and oxygen atoms in total. The normalized spacial score (nSPS) is 13.1. The molecule has 0 bridgehead atoms. The molecule has 0 heterocycles. The summed E-state index contributed by atoms with van der Waals surface area (Å²) in [5, 5.41) is 1.92. The van der Waals surface area contributed by atoms with Gasteiger partial charge in [-0.1, -0.05) is 30.3 Å². The second-order valence-electron chi connectivity index (χ2n) is 3.76. The minimum absolute atomic E-state index is 0.0200. The molecule has 6 heteroatoms. The number of alkyl halides is 3. The highest BCUT2D eigenvalue weighted by atomic mass is 32.2. The van der Waals surface area contributed by atoms with Crippen molar-refractivity contribution in [3.8, 4) is 0 Å². The van der Waals surface area contributed by atoms with Gasteiger partial charge in [0.05, 0.1) is 5.75 Å². The summed E-state index contributed by atoms with van der Waals surface area (Å²) in [7, 11) is 0. The molecule has 0 aliphatic carbocycles. The van der Waals surface area contributed by atoms with E-state index in [-0.39, 0.29) is 11.0 Å². The SMILES string of the molecule is CC(SCC(=O)NCC(F)(F)F)c1ccccc1. The molecule has 0 spiro atoms. The van der Waals surface area contributed by atoms with E-state index >= 15 is 0 Å². The number of benzene rings is 1. The number of carbonyl (C=O) groups excluding carboxylic acids is 1. The number of thioether (sulfide) groups is 1. The van der Waals surface area contributed by atoms with Crippen LogP contribution < -0.4 is 5.32 Å². The molecule has 1 atom stereocenters. The topological polar surface area (TPSA) is 29.1 Å². The minimum atomic E-state index is -4.36. The first-order chi connectivity index (χ1) is 8.38. The van der Waals surface area contributed by atoms with E-state index in [9.17, 15) is 18.0 Å². The maximum absolute atomic E-state index is 11.9. The highest BCUT2D eigenvalue weighted by Gasteiger charge is 2.27. The molecule has 1 amide bonds. The molecular weight excluding hydrogens is 263 g/mol. The molecule has 1 aromatic carbocycles. The van der Waals surface area contributed by atoms with E-state index in [1.54, 1.807) is 0 Å². The Balaban J connectivity index is 2.31. The van der Waals surface area contributed by atoms with Gasteiger partial charge in [0.1, 0.15) is 6.54 Å². The zero-order chi connectivity index (χ0) is 13.6. The average Bonchev–Trinajstić information content (AvgIpc) is 2.33. The van der Waals surface area contributed by atoms with Crippen molar-refractivity contribution >= 4 is 17.7 Å². The first-order valence-electron chi connectivity index (χ1n) is 5.38. The number of hydrogen-bond donors (Lipinski definition) is 1. The Morgan fingerprint density at radius 3 is 2.50 bits per heavy atom. The van der Waals surface area contributed by atoms with E-state index in [1.165, 1.54) is 11.8 Å². The maximum atomic E-state index is 11.9. The average molecular weight is 277 g/mol. The summed E-state index contributed by atoms with van der Waals surface area (Å²) in [4.78, 5) is 11.2. The van der Waals surface area contributed by atoms with Crippen LogP contribution in [0.5, 0.6) is 0 Å². The van der Waals surface area contributed by atoms with Crippen LogP contribution in [0.2, 0.25) is 0 Å². The van der Waals surface area contributed by atoms with Crippen LogP contribution in [0.15, 0.2) is 30.3 Å². The number of nitrogens with one attached hydrogen (secondary N) is 1. The first kappa shape index (κ1) is 14.9. The lowest BCUT2D eigenvalue weighted by Gasteiger charge is -2.12. The smallest absolute Gasteiger partial charge is 0.346 e. The Morgan fingerprint density at radius 2 is 1.94 bits per heavy atom. The zero-order valence-electron chi connectivity index (χ0n) is 9.83. The van der Waals surface area contributed by atoms with Crippen molar-refractivity contribution in [1.29, 1.82) is 0 Å². The van der Waals surface area contributed by atoms with Crippen LogP contribution in [0.3, 0.4) is 0 Å². The van der Waals surface area contributed by atoms with E-state index in [0.29, 0.717) is 0 Å². The first-order valence-corrected chi connectivity index (χ1v) is 6.43. The van der Waals surface area contributed by atoms with Gasteiger partial charge >= 0.3 is 6.18 Å². The van der Waals surface area contributed by atoms with Gasteiger partial charge in [0.25, 0.3) is 0 Å². The van der Waals surface area contributed by atoms with Crippen molar-refractivity contribution in [1.82, 2.24) is 5.32 Å². The van der Waals surface area contributed by atoms with E-state index in [0.717, 1.165) is 5.56 Å². The van der Waals surface area contributed by atoms with Crippen LogP contribution in [-0.2, 0) is 4.79 Å². The van der Waals surface area contributed by atoms with Gasteiger partial charge in [0.15, 0.2) is 0 Å². The van der Waals surface area contributed by atoms with E-state index in [1.807, 2.05) is 42.6 Å². The van der Waals surface area contributed by atoms with E-state index in [4.69, 9.17) is 0 Å². The van der Waals surface area contributed by atoms with Gasteiger partial charge in [0, 0.05) is 5.25 Å². The van der Waals surface area contributed by atoms with Crippen LogP contribution in [-0.4, -0.2) is 24.4 Å². The van der Waals surface area contributed by atoms with Crippen LogP contribution >= 0.6 is 11.8 Å². The molecule has 1 rings (SSSR count). The van der Waals surface area contributed by atoms with Gasteiger partial charge in [0.2, 0.25) is 5.91 Å². The summed E-state index contributed by atoms with van der Waals surface area (Å²) in [6, 6.07) is 9.50. The van der Waals surface area contributed by atoms with Crippen molar-refractivity contribution in [2.45, 2.75) is 18.3 Å². The van der Waals surface area contributed by atoms with E-state index in [2.05, 4.69) is 0 Å². The predicted octanol–water partition coefficient (Wildman–Crippen LogP) is 3.16. The summed E-state index contributed by atoms with van der Waals surface area (Å²) in [6.07, 6.45) is -4.36. The second-order valence-corrected chi connectivity index (χ2v) is 5.08. The fourth-order valence-corrected chi connectivity index (χ4v) is 2.12. The van der Waals surface area contributed by atoms with Crippen LogP contribution in [0, 0.1) is 0 Å². The molecule has 1 aromatic rings. The fraction of sp³-hybridized carbons (Fsp3) is 0.417. The largest absolute Gasteiger partial charge is 0.405 e. The monoisotopic (exact) mass is 277 g/mol. The number of halogens is 3. The molecule has 1 N–H and O–H groups in total. The quantitative estimate of drug-likeness (QED) is 0.895. The van der Waals surface area contributed by atoms with Crippen molar-refractivity contribution in [2.75, 3.05) is 12.3 Å². The third kappa shape index (κ3) is 5.95. The minimum Gasteiger partial charge on any atom is -0.346 e. The van der Waals surface area contributed by atoms with Gasteiger partial charge in [-0.3, -0.25) is 4.79 Å². The molecule has 0 radical (unpaired) electrons. The maximum Gasteiger partial charge on any atom is 0.405 e. The predicted molar refractivity (Wildman–Crippen MR) is 66.4 cm³/mol. The van der Waals surface area contributed by atoms with Gasteiger partial charge < -0.3 is 5.32 Å². The standard InChI is InChI=1S/C12H14F3NOS/c1-9(10-5-3-2-4-6-10)18-7-11(17)16-8-12(13,14)15/h2-6,9H,7-8H2,1H3,(H,16,17). The molecule has 100 valence electrons. The fourth-order valence-electron chi connectivity index (χ4n) is 1.27. The number of amides is 1. The van der Waals surface area contributed by atoms with Gasteiger partial charge in [-0.15, -0.1) is 11.8 Å². The molecule has 0 saturated heterocycles. The molecule has 0 saturated carbocycles. The van der Waals surface area contributed by atoms with Gasteiger partial charge in [-0.2, -0.15) is 13.2 Å². The van der Waals surface area contributed by atoms with Crippen LogP contribution in [0.25, 0.3) is 0 Å². The Hall–Kier alpha value is -1.17. The van der Waals surface area contributed by atoms with Gasteiger partial charge in [-0.25, -0.2) is 0 Å². The van der Waals surface area contributed by atoms with E-state index < -0.39 is 18.6 Å². The summed E-state index contributed by atoms with van der Waals surface area (Å²) in [6.45, 7) is 0.642. The molecule has 0 aromatic heterocycles. The van der Waals surface area contributed by atoms with Crippen LogP contribution in [0.4, 0.5) is 13.2 Å². The van der Waals surface area contributed by atoms with Crippen molar-refractivity contribution in [2.24, 2.45) is 0 Å². The number of rotatable bonds is 5. The summed E-state index contributed by atoms with van der Waals surface area (Å²) >= 11 is 1.31. The Morgan fingerprint density at radius 1 is 1.33 bits per heavy atom. The highest BCUT2D eigenvalue weighted by molar-refractivity contribution is 8.00. The Kier molecular flexibility index (Phi) is 5.53. The molecule has 0 aliphatic heterocycles. The summed E-state index contributed by atoms with van der Waals surface area (Å²) in [5.41, 5.74) is 1.05. The lowest BCUT2D eigenvalue weighted by molar-refractivity contribution is -0.136. The van der Waals surface area contributed by atoms with Crippen LogP contribution in [0.1, 0.15) is 17.7 Å². The molecule has 1 unspecified atom stereocenters. The Bertz CT molecular complexity index is 381. The molecule has 0 fully saturated rings. The molecular formula is C12H14F3NOS. The lowest BCUT2D eigenvalue weighted by atomic mass is 10.2. The van der Waals surface area contributed by atoms with Gasteiger partial charge in [-0.05, 0) is 12.5 Å². The molecule has 18 heavy (non-hydrogen) atoms. The summed E-state index contributed by atoms with van der Waals surface area (Å²) < 4.78 is 35.6. The zero-order valence-corrected chi connectivity index (χ0v) is 10.6. The van der Waals surface area contributed by atoms with Crippen molar-refractivity contribution in [3.63, 3.8) is 0 Å². The Labute approximate surface area is 108 Å². The third-order valence-electron chi connectivity index (χ3n) is 2.22. The lowest BCUT2D eigenvalue weighted by Crippen LogP contribution is -2.34. The second kappa shape index (κ2) is 6.68. The summed E-state index contributed by atoms with van der Waals surface area (Å²) in [5.74, 6) is -0.577. The van der Waals surface area contributed by atoms with Crippen molar-refractivity contribution in [3.05, 3.63) is 35.9 Å². The third-order valence-corrected chi connectivity index (χ3v) is 3.42. The number of carbonyl (C=O) groups is 1. The van der Waals surface area contributed by atoms with Crippen molar-refractivity contribution < 1.29 is 18.0 Å². The molecule has 0 aliphatic rings. The highest BCUT2D eigenvalue weighted by Crippen LogP contribution is 2.27.